The summed E-state index contributed by atoms with van der Waals surface area (Å²) < 4.78 is 38.4. The Bertz CT molecular complexity index is 1730. The third-order valence-electron chi connectivity index (χ3n) is 9.55. The van der Waals surface area contributed by atoms with Crippen molar-refractivity contribution in [2.45, 2.75) is 90.8 Å². The van der Waals surface area contributed by atoms with Crippen LogP contribution >= 0.6 is 0 Å². The van der Waals surface area contributed by atoms with E-state index < -0.39 is 11.4 Å². The lowest BCUT2D eigenvalue weighted by atomic mass is 9.61. The minimum atomic E-state index is -0.572. The Morgan fingerprint density at radius 2 is 1.88 bits per heavy atom. The lowest BCUT2D eigenvalue weighted by Crippen LogP contribution is -2.65. The number of halogens is 1. The summed E-state index contributed by atoms with van der Waals surface area (Å²) in [5, 5.41) is 0. The average molecular weight is 675 g/mol. The van der Waals surface area contributed by atoms with Crippen molar-refractivity contribution in [2.75, 3.05) is 31.2 Å². The van der Waals surface area contributed by atoms with Gasteiger partial charge in [0.25, 0.3) is 5.91 Å². The fraction of sp³-hybridized carbons (Fsp3) is 0.528. The molecule has 2 amide bonds. The first-order valence-electron chi connectivity index (χ1n) is 16.9. The number of anilines is 1. The van der Waals surface area contributed by atoms with Crippen molar-refractivity contribution >= 4 is 17.8 Å². The van der Waals surface area contributed by atoms with E-state index in [9.17, 15) is 14.0 Å². The Morgan fingerprint density at radius 1 is 1.08 bits per heavy atom. The van der Waals surface area contributed by atoms with E-state index in [0.717, 1.165) is 49.4 Å². The molecule has 1 saturated carbocycles. The van der Waals surface area contributed by atoms with Crippen LogP contribution in [0.2, 0.25) is 0 Å². The van der Waals surface area contributed by atoms with Crippen LogP contribution in [0.5, 0.6) is 17.2 Å². The number of aromatic nitrogens is 3. The first-order chi connectivity index (χ1) is 23.4. The van der Waals surface area contributed by atoms with Crippen molar-refractivity contribution in [2.24, 2.45) is 5.41 Å². The number of ether oxygens (including phenoxy) is 4. The van der Waals surface area contributed by atoms with E-state index in [2.05, 4.69) is 19.9 Å². The molecular weight excluding hydrogens is 631 g/mol. The summed E-state index contributed by atoms with van der Waals surface area (Å²) in [5.41, 5.74) is 1.42. The van der Waals surface area contributed by atoms with Gasteiger partial charge in [0, 0.05) is 42.9 Å². The normalized spacial score (nSPS) is 19.8. The van der Waals surface area contributed by atoms with Crippen LogP contribution in [0.1, 0.15) is 75.5 Å². The minimum absolute atomic E-state index is 0.0484. The molecule has 2 saturated heterocycles. The van der Waals surface area contributed by atoms with Gasteiger partial charge in [-0.2, -0.15) is 0 Å². The number of pyridine rings is 1. The van der Waals surface area contributed by atoms with E-state index in [4.69, 9.17) is 18.9 Å². The quantitative estimate of drug-likeness (QED) is 0.293. The third kappa shape index (κ3) is 6.72. The van der Waals surface area contributed by atoms with Gasteiger partial charge >= 0.3 is 6.09 Å². The molecule has 1 aliphatic carbocycles. The van der Waals surface area contributed by atoms with Crippen molar-refractivity contribution < 1.29 is 32.9 Å². The largest absolute Gasteiger partial charge is 0.490 e. The Balaban J connectivity index is 0.992. The van der Waals surface area contributed by atoms with Gasteiger partial charge in [0.2, 0.25) is 0 Å². The Hall–Kier alpha value is -4.52. The zero-order valence-electron chi connectivity index (χ0n) is 28.6. The summed E-state index contributed by atoms with van der Waals surface area (Å²) in [4.78, 5) is 45.2. The van der Waals surface area contributed by atoms with Gasteiger partial charge < -0.3 is 28.7 Å². The molecule has 0 bridgehead atoms. The zero-order chi connectivity index (χ0) is 34.5. The standard InChI is InChI=1S/C36H43FN6O6/c1-22(2)43(24-9-11-46-18-24)33(44)26-12-23(37)6-7-29(26)48-31-15-38-21-40-32(31)42-19-36(20-42)13-25(14-36)47-30-8-10-39-28-17-41(16-27(28)30)34(45)49-35(3,4)5/h6-8,10,12,15,21-22,24-25H,9,11,13-14,16-20H2,1-5H3/t24-/m0/s1. The highest BCUT2D eigenvalue weighted by Gasteiger charge is 2.54. The van der Waals surface area contributed by atoms with Gasteiger partial charge in [-0.05, 0) is 78.1 Å². The number of hydrogen-bond acceptors (Lipinski definition) is 10. The number of carbonyl (C=O) groups excluding carboxylic acids is 2. The summed E-state index contributed by atoms with van der Waals surface area (Å²) in [6.45, 7) is 12.8. The number of carbonyl (C=O) groups is 2. The molecule has 3 aliphatic heterocycles. The molecule has 0 unspecified atom stereocenters. The first kappa shape index (κ1) is 33.0. The van der Waals surface area contributed by atoms with E-state index in [1.165, 1.54) is 24.5 Å². The fourth-order valence-electron chi connectivity index (χ4n) is 7.35. The number of rotatable bonds is 8. The van der Waals surface area contributed by atoms with Gasteiger partial charge in [0.05, 0.1) is 43.2 Å². The molecule has 1 atom stereocenters. The lowest BCUT2D eigenvalue weighted by Gasteiger charge is -2.58. The molecule has 12 nitrogen and oxygen atoms in total. The highest BCUT2D eigenvalue weighted by atomic mass is 19.1. The SMILES string of the molecule is CC(C)N(C(=O)c1cc(F)ccc1Oc1cncnc1N1CC2(CC(Oc3ccnc4c3CN(C(=O)OC(C)(C)C)C4)C2)C1)[C@H]1CCOC1. The Labute approximate surface area is 285 Å². The summed E-state index contributed by atoms with van der Waals surface area (Å²) >= 11 is 0. The smallest absolute Gasteiger partial charge is 0.410 e. The molecule has 260 valence electrons. The molecule has 5 heterocycles. The van der Waals surface area contributed by atoms with Crippen molar-refractivity contribution in [1.29, 1.82) is 0 Å². The van der Waals surface area contributed by atoms with Crippen LogP contribution in [0.3, 0.4) is 0 Å². The number of nitrogens with zero attached hydrogens (tertiary/aromatic N) is 6. The maximum atomic E-state index is 14.5. The second-order valence-corrected chi connectivity index (χ2v) is 14.9. The topological polar surface area (TPSA) is 119 Å². The molecule has 0 radical (unpaired) electrons. The molecule has 7 rings (SSSR count). The van der Waals surface area contributed by atoms with Crippen LogP contribution in [0.15, 0.2) is 43.0 Å². The lowest BCUT2D eigenvalue weighted by molar-refractivity contribution is -0.0349. The van der Waals surface area contributed by atoms with Gasteiger partial charge in [0.1, 0.15) is 35.3 Å². The maximum Gasteiger partial charge on any atom is 0.410 e. The second-order valence-electron chi connectivity index (χ2n) is 14.9. The van der Waals surface area contributed by atoms with Crippen molar-refractivity contribution in [3.05, 3.63) is 65.6 Å². The summed E-state index contributed by atoms with van der Waals surface area (Å²) in [6, 6.07) is 5.68. The molecule has 2 aromatic heterocycles. The molecule has 3 aromatic rings. The van der Waals surface area contributed by atoms with Gasteiger partial charge in [-0.1, -0.05) is 0 Å². The minimum Gasteiger partial charge on any atom is -0.490 e. The van der Waals surface area contributed by atoms with E-state index in [1.54, 1.807) is 22.2 Å². The fourth-order valence-corrected chi connectivity index (χ4v) is 7.35. The molecule has 3 fully saturated rings. The molecule has 0 N–H and O–H groups in total. The predicted octanol–water partition coefficient (Wildman–Crippen LogP) is 5.74. The third-order valence-corrected chi connectivity index (χ3v) is 9.55. The van der Waals surface area contributed by atoms with Gasteiger partial charge in [-0.25, -0.2) is 19.2 Å². The first-order valence-corrected chi connectivity index (χ1v) is 16.9. The molecular formula is C36H43FN6O6. The Kier molecular flexibility index (Phi) is 8.58. The second kappa shape index (κ2) is 12.7. The predicted molar refractivity (Wildman–Crippen MR) is 177 cm³/mol. The highest BCUT2D eigenvalue weighted by molar-refractivity contribution is 5.97. The zero-order valence-corrected chi connectivity index (χ0v) is 28.6. The van der Waals surface area contributed by atoms with Crippen molar-refractivity contribution in [3.8, 4) is 17.2 Å². The van der Waals surface area contributed by atoms with E-state index in [0.29, 0.717) is 37.9 Å². The van der Waals surface area contributed by atoms with Crippen LogP contribution in [-0.4, -0.2) is 86.8 Å². The highest BCUT2D eigenvalue weighted by Crippen LogP contribution is 2.52. The summed E-state index contributed by atoms with van der Waals surface area (Å²) in [7, 11) is 0. The van der Waals surface area contributed by atoms with E-state index in [-0.39, 0.29) is 46.9 Å². The van der Waals surface area contributed by atoms with Crippen molar-refractivity contribution in [1.82, 2.24) is 24.8 Å². The molecule has 13 heteroatoms. The molecule has 1 spiro atoms. The summed E-state index contributed by atoms with van der Waals surface area (Å²) in [6.07, 6.45) is 6.95. The maximum absolute atomic E-state index is 14.5. The molecule has 49 heavy (non-hydrogen) atoms. The van der Waals surface area contributed by atoms with Crippen LogP contribution in [0.25, 0.3) is 0 Å². The van der Waals surface area contributed by atoms with Gasteiger partial charge in [-0.15, -0.1) is 0 Å². The average Bonchev–Trinajstić information content (AvgIpc) is 3.69. The van der Waals surface area contributed by atoms with Gasteiger partial charge in [-0.3, -0.25) is 14.7 Å². The number of hydrogen-bond donors (Lipinski definition) is 0. The van der Waals surface area contributed by atoms with Crippen LogP contribution in [0.4, 0.5) is 15.0 Å². The van der Waals surface area contributed by atoms with Crippen LogP contribution < -0.4 is 14.4 Å². The summed E-state index contributed by atoms with van der Waals surface area (Å²) in [5.74, 6) is 1.20. The number of fused-ring (bicyclic) bond motifs is 1. The molecule has 4 aliphatic rings. The van der Waals surface area contributed by atoms with Crippen LogP contribution in [0, 0.1) is 11.2 Å². The van der Waals surface area contributed by atoms with Crippen molar-refractivity contribution in [3.63, 3.8) is 0 Å². The molecule has 1 aromatic carbocycles. The van der Waals surface area contributed by atoms with E-state index >= 15 is 0 Å². The van der Waals surface area contributed by atoms with Crippen LogP contribution in [-0.2, 0) is 22.6 Å². The Morgan fingerprint density at radius 3 is 2.59 bits per heavy atom. The number of amides is 2. The number of benzene rings is 1. The van der Waals surface area contributed by atoms with E-state index in [1.807, 2.05) is 40.7 Å². The van der Waals surface area contributed by atoms with Gasteiger partial charge in [0.15, 0.2) is 11.6 Å². The monoisotopic (exact) mass is 674 g/mol.